The van der Waals surface area contributed by atoms with Crippen molar-refractivity contribution in [3.05, 3.63) is 0 Å². The van der Waals surface area contributed by atoms with Crippen LogP contribution in [0.4, 0.5) is 0 Å². The molecule has 15 heavy (non-hydrogen) atoms. The fraction of sp³-hybridized carbons (Fsp3) is 0.917. The molecule has 2 atom stereocenters. The van der Waals surface area contributed by atoms with E-state index in [-0.39, 0.29) is 17.5 Å². The highest BCUT2D eigenvalue weighted by atomic mass is 16.5. The summed E-state index contributed by atoms with van der Waals surface area (Å²) in [5.74, 6) is -0.0831. The fourth-order valence-electron chi connectivity index (χ4n) is 2.76. The van der Waals surface area contributed by atoms with Crippen molar-refractivity contribution in [3.63, 3.8) is 0 Å². The number of ether oxygens (including phenoxy) is 2. The van der Waals surface area contributed by atoms with Crippen molar-refractivity contribution >= 4 is 5.97 Å². The number of carbonyl (C=O) groups excluding carboxylic acids is 1. The summed E-state index contributed by atoms with van der Waals surface area (Å²) in [5, 5.41) is 0. The number of esters is 1. The molecule has 88 valence electrons. The van der Waals surface area contributed by atoms with Crippen molar-refractivity contribution < 1.29 is 14.3 Å². The van der Waals surface area contributed by atoms with Crippen LogP contribution in [0.25, 0.3) is 0 Å². The Bertz CT molecular complexity index is 215. The molecule has 0 aromatic heterocycles. The summed E-state index contributed by atoms with van der Waals surface area (Å²) in [6.07, 6.45) is 4.92. The summed E-state index contributed by atoms with van der Waals surface area (Å²) < 4.78 is 10.6. The van der Waals surface area contributed by atoms with E-state index < -0.39 is 0 Å². The van der Waals surface area contributed by atoms with Crippen LogP contribution in [0.5, 0.6) is 0 Å². The molecule has 1 saturated carbocycles. The van der Waals surface area contributed by atoms with Crippen molar-refractivity contribution in [1.29, 1.82) is 0 Å². The van der Waals surface area contributed by atoms with E-state index in [4.69, 9.17) is 9.47 Å². The van der Waals surface area contributed by atoms with Crippen LogP contribution in [-0.4, -0.2) is 25.8 Å². The highest BCUT2D eigenvalue weighted by molar-refractivity contribution is 5.78. The molecule has 0 aromatic carbocycles. The van der Waals surface area contributed by atoms with Gasteiger partial charge in [0, 0.05) is 6.61 Å². The molecule has 1 aliphatic rings. The third kappa shape index (κ3) is 2.33. The first kappa shape index (κ1) is 12.5. The molecule has 3 heteroatoms. The zero-order valence-corrected chi connectivity index (χ0v) is 10.0. The molecular formula is C12H22O3. The van der Waals surface area contributed by atoms with Crippen LogP contribution in [-0.2, 0) is 14.3 Å². The van der Waals surface area contributed by atoms with Crippen LogP contribution in [0, 0.1) is 5.41 Å². The molecule has 1 rings (SSSR count). The minimum atomic E-state index is -0.362. The van der Waals surface area contributed by atoms with Crippen LogP contribution in [0.3, 0.4) is 0 Å². The van der Waals surface area contributed by atoms with Gasteiger partial charge in [0.05, 0.1) is 18.6 Å². The molecule has 3 nitrogen and oxygen atoms in total. The van der Waals surface area contributed by atoms with Gasteiger partial charge in [-0.3, -0.25) is 4.79 Å². The molecule has 0 bridgehead atoms. The Kier molecular flexibility index (Phi) is 4.58. The lowest BCUT2D eigenvalue weighted by Crippen LogP contribution is -2.40. The normalized spacial score (nSPS) is 30.5. The predicted octanol–water partition coefficient (Wildman–Crippen LogP) is 2.53. The van der Waals surface area contributed by atoms with Crippen molar-refractivity contribution in [2.75, 3.05) is 13.7 Å². The minimum Gasteiger partial charge on any atom is -0.469 e. The largest absolute Gasteiger partial charge is 0.469 e. The van der Waals surface area contributed by atoms with Crippen molar-refractivity contribution in [2.24, 2.45) is 5.41 Å². The Hall–Kier alpha value is -0.570. The quantitative estimate of drug-likeness (QED) is 0.660. The van der Waals surface area contributed by atoms with E-state index in [1.165, 1.54) is 7.11 Å². The van der Waals surface area contributed by atoms with Crippen molar-refractivity contribution in [1.82, 2.24) is 0 Å². The summed E-state index contributed by atoms with van der Waals surface area (Å²) in [6, 6.07) is 0. The molecule has 1 aliphatic carbocycles. The van der Waals surface area contributed by atoms with E-state index in [1.807, 2.05) is 6.92 Å². The van der Waals surface area contributed by atoms with Gasteiger partial charge >= 0.3 is 5.97 Å². The van der Waals surface area contributed by atoms with Gasteiger partial charge in [-0.15, -0.1) is 0 Å². The number of hydrogen-bond donors (Lipinski definition) is 0. The SMILES string of the molecule is CCCC1(C(=O)OC)CCCC1OCC. The number of methoxy groups -OCH3 is 1. The van der Waals surface area contributed by atoms with Crippen LogP contribution in [0.15, 0.2) is 0 Å². The van der Waals surface area contributed by atoms with Gasteiger partial charge in [-0.25, -0.2) is 0 Å². The highest BCUT2D eigenvalue weighted by Gasteiger charge is 2.49. The average Bonchev–Trinajstić information content (AvgIpc) is 2.63. The Morgan fingerprint density at radius 3 is 2.73 bits per heavy atom. The topological polar surface area (TPSA) is 35.5 Å². The maximum Gasteiger partial charge on any atom is 0.314 e. The van der Waals surface area contributed by atoms with Crippen LogP contribution in [0.2, 0.25) is 0 Å². The van der Waals surface area contributed by atoms with E-state index in [0.717, 1.165) is 32.1 Å². The van der Waals surface area contributed by atoms with Crippen molar-refractivity contribution in [2.45, 2.75) is 52.1 Å². The van der Waals surface area contributed by atoms with E-state index in [2.05, 4.69) is 6.92 Å². The van der Waals surface area contributed by atoms with Gasteiger partial charge < -0.3 is 9.47 Å². The van der Waals surface area contributed by atoms with Gasteiger partial charge in [0.2, 0.25) is 0 Å². The predicted molar refractivity (Wildman–Crippen MR) is 58.6 cm³/mol. The molecule has 1 fully saturated rings. The van der Waals surface area contributed by atoms with Crippen molar-refractivity contribution in [3.8, 4) is 0 Å². The van der Waals surface area contributed by atoms with Gasteiger partial charge in [-0.2, -0.15) is 0 Å². The third-order valence-corrected chi connectivity index (χ3v) is 3.36. The molecule has 0 N–H and O–H groups in total. The number of carbonyl (C=O) groups is 1. The number of rotatable bonds is 5. The van der Waals surface area contributed by atoms with E-state index >= 15 is 0 Å². The lowest BCUT2D eigenvalue weighted by atomic mass is 9.79. The smallest absolute Gasteiger partial charge is 0.314 e. The second-order valence-corrected chi connectivity index (χ2v) is 4.23. The summed E-state index contributed by atoms with van der Waals surface area (Å²) in [5.41, 5.74) is -0.362. The van der Waals surface area contributed by atoms with Gasteiger partial charge in [-0.05, 0) is 32.6 Å². The van der Waals surface area contributed by atoms with Crippen LogP contribution in [0.1, 0.15) is 46.0 Å². The molecule has 0 radical (unpaired) electrons. The Balaban J connectivity index is 2.82. The first-order valence-corrected chi connectivity index (χ1v) is 5.91. The molecule has 0 aromatic rings. The summed E-state index contributed by atoms with van der Waals surface area (Å²) in [7, 11) is 1.47. The fourth-order valence-corrected chi connectivity index (χ4v) is 2.76. The van der Waals surface area contributed by atoms with Crippen LogP contribution >= 0.6 is 0 Å². The van der Waals surface area contributed by atoms with E-state index in [0.29, 0.717) is 6.61 Å². The standard InChI is InChI=1S/C12H22O3/c1-4-8-12(11(13)14-3)9-6-7-10(12)15-5-2/h10H,4-9H2,1-3H3. The molecule has 0 amide bonds. The molecule has 0 aliphatic heterocycles. The maximum atomic E-state index is 11.9. The Labute approximate surface area is 92.1 Å². The second-order valence-electron chi connectivity index (χ2n) is 4.23. The molecule has 0 spiro atoms. The first-order chi connectivity index (χ1) is 7.21. The van der Waals surface area contributed by atoms with Gasteiger partial charge in [-0.1, -0.05) is 13.3 Å². The zero-order valence-electron chi connectivity index (χ0n) is 10.0. The molecule has 0 saturated heterocycles. The van der Waals surface area contributed by atoms with Crippen LogP contribution < -0.4 is 0 Å². The summed E-state index contributed by atoms with van der Waals surface area (Å²) in [6.45, 7) is 4.76. The second kappa shape index (κ2) is 5.50. The third-order valence-electron chi connectivity index (χ3n) is 3.36. The Morgan fingerprint density at radius 1 is 1.47 bits per heavy atom. The van der Waals surface area contributed by atoms with Gasteiger partial charge in [0.15, 0.2) is 0 Å². The highest BCUT2D eigenvalue weighted by Crippen LogP contribution is 2.44. The summed E-state index contributed by atoms with van der Waals surface area (Å²) in [4.78, 5) is 11.9. The average molecular weight is 214 g/mol. The minimum absolute atomic E-state index is 0.0647. The Morgan fingerprint density at radius 2 is 2.20 bits per heavy atom. The maximum absolute atomic E-state index is 11.9. The van der Waals surface area contributed by atoms with Gasteiger partial charge in [0.25, 0.3) is 0 Å². The molecule has 2 unspecified atom stereocenters. The zero-order chi connectivity index (χ0) is 11.3. The molecular weight excluding hydrogens is 192 g/mol. The number of hydrogen-bond acceptors (Lipinski definition) is 3. The lowest BCUT2D eigenvalue weighted by molar-refractivity contribution is -0.161. The lowest BCUT2D eigenvalue weighted by Gasteiger charge is -2.32. The van der Waals surface area contributed by atoms with Gasteiger partial charge in [0.1, 0.15) is 0 Å². The first-order valence-electron chi connectivity index (χ1n) is 5.91. The summed E-state index contributed by atoms with van der Waals surface area (Å²) >= 11 is 0. The monoisotopic (exact) mass is 214 g/mol. The van der Waals surface area contributed by atoms with E-state index in [9.17, 15) is 4.79 Å². The van der Waals surface area contributed by atoms with E-state index in [1.54, 1.807) is 0 Å². The molecule has 0 heterocycles.